The van der Waals surface area contributed by atoms with Gasteiger partial charge in [-0.15, -0.1) is 0 Å². The molecule has 2 rings (SSSR count). The van der Waals surface area contributed by atoms with Gasteiger partial charge in [0.25, 0.3) is 0 Å². The summed E-state index contributed by atoms with van der Waals surface area (Å²) in [5.74, 6) is 0.297. The van der Waals surface area contributed by atoms with Gasteiger partial charge >= 0.3 is 5.97 Å². The van der Waals surface area contributed by atoms with E-state index in [1.807, 2.05) is 30.3 Å². The number of fused-ring (bicyclic) bond motifs is 1. The Kier molecular flexibility index (Phi) is 4.10. The van der Waals surface area contributed by atoms with Crippen molar-refractivity contribution in [2.75, 3.05) is 14.2 Å². The predicted octanol–water partition coefficient (Wildman–Crippen LogP) is 1.81. The van der Waals surface area contributed by atoms with Gasteiger partial charge in [0.2, 0.25) is 0 Å². The Morgan fingerprint density at radius 2 is 1.95 bits per heavy atom. The van der Waals surface area contributed by atoms with Crippen LogP contribution in [0.1, 0.15) is 5.56 Å². The average Bonchev–Trinajstić information content (AvgIpc) is 2.46. The monoisotopic (exact) mass is 275 g/mol. The zero-order valence-electron chi connectivity index (χ0n) is 11.4. The van der Waals surface area contributed by atoms with E-state index >= 15 is 0 Å². The number of hydrogen-bond donors (Lipinski definition) is 2. The van der Waals surface area contributed by atoms with Crippen molar-refractivity contribution < 1.29 is 19.4 Å². The Balaban J connectivity index is 2.59. The molecule has 0 aliphatic carbocycles. The summed E-state index contributed by atoms with van der Waals surface area (Å²) in [4.78, 5) is 11.0. The molecule has 0 bridgehead atoms. The summed E-state index contributed by atoms with van der Waals surface area (Å²) >= 11 is 0. The fraction of sp³-hybridized carbons (Fsp3) is 0.267. The molecule has 1 atom stereocenters. The van der Waals surface area contributed by atoms with Crippen molar-refractivity contribution >= 4 is 16.7 Å². The van der Waals surface area contributed by atoms with Crippen LogP contribution in [0.2, 0.25) is 0 Å². The highest BCUT2D eigenvalue weighted by Crippen LogP contribution is 2.31. The third kappa shape index (κ3) is 2.67. The molecule has 0 fully saturated rings. The Bertz CT molecular complexity index is 634. The second kappa shape index (κ2) is 5.79. The molecule has 0 aromatic heterocycles. The molecule has 1 unspecified atom stereocenters. The minimum absolute atomic E-state index is 0.197. The van der Waals surface area contributed by atoms with Gasteiger partial charge in [0, 0.05) is 12.0 Å². The number of carboxylic acids is 1. The van der Waals surface area contributed by atoms with E-state index in [0.717, 1.165) is 16.3 Å². The number of hydrogen-bond acceptors (Lipinski definition) is 4. The number of nitrogens with two attached hydrogens (primary N) is 1. The van der Waals surface area contributed by atoms with Gasteiger partial charge in [-0.25, -0.2) is 0 Å². The predicted molar refractivity (Wildman–Crippen MR) is 76.4 cm³/mol. The summed E-state index contributed by atoms with van der Waals surface area (Å²) in [6.45, 7) is 0. The summed E-state index contributed by atoms with van der Waals surface area (Å²) in [5, 5.41) is 10.9. The molecular formula is C15H17NO4. The SMILES string of the molecule is COc1ccc2ccc(OC)c(CC(N)C(=O)O)c2c1. The van der Waals surface area contributed by atoms with Crippen LogP contribution in [0.3, 0.4) is 0 Å². The van der Waals surface area contributed by atoms with Crippen LogP contribution in [0.5, 0.6) is 11.5 Å². The summed E-state index contributed by atoms with van der Waals surface area (Å²) in [6.07, 6.45) is 0.197. The van der Waals surface area contributed by atoms with Gasteiger partial charge in [-0.1, -0.05) is 12.1 Å². The molecule has 0 spiro atoms. The van der Waals surface area contributed by atoms with E-state index in [9.17, 15) is 4.79 Å². The largest absolute Gasteiger partial charge is 0.497 e. The summed E-state index contributed by atoms with van der Waals surface area (Å²) < 4.78 is 10.5. The molecule has 0 aliphatic rings. The third-order valence-electron chi connectivity index (χ3n) is 3.26. The highest BCUT2D eigenvalue weighted by atomic mass is 16.5. The second-order valence-electron chi connectivity index (χ2n) is 4.48. The Hall–Kier alpha value is -2.27. The summed E-state index contributed by atoms with van der Waals surface area (Å²) in [5.41, 5.74) is 6.42. The maximum absolute atomic E-state index is 11.0. The smallest absolute Gasteiger partial charge is 0.320 e. The van der Waals surface area contributed by atoms with Crippen LogP contribution in [0.4, 0.5) is 0 Å². The molecule has 0 saturated carbocycles. The van der Waals surface area contributed by atoms with Crippen LogP contribution in [-0.2, 0) is 11.2 Å². The normalized spacial score (nSPS) is 12.2. The van der Waals surface area contributed by atoms with Gasteiger partial charge in [-0.05, 0) is 29.0 Å². The second-order valence-corrected chi connectivity index (χ2v) is 4.48. The minimum atomic E-state index is -1.04. The van der Waals surface area contributed by atoms with Crippen molar-refractivity contribution in [1.29, 1.82) is 0 Å². The lowest BCUT2D eigenvalue weighted by Crippen LogP contribution is -2.32. The van der Waals surface area contributed by atoms with Gasteiger partial charge in [0.15, 0.2) is 0 Å². The number of benzene rings is 2. The lowest BCUT2D eigenvalue weighted by Gasteiger charge is -2.15. The van der Waals surface area contributed by atoms with E-state index in [-0.39, 0.29) is 6.42 Å². The highest BCUT2D eigenvalue weighted by Gasteiger charge is 2.17. The molecular weight excluding hydrogens is 258 g/mol. The zero-order chi connectivity index (χ0) is 14.7. The van der Waals surface area contributed by atoms with Gasteiger partial charge < -0.3 is 20.3 Å². The molecule has 5 nitrogen and oxygen atoms in total. The van der Waals surface area contributed by atoms with Crippen molar-refractivity contribution in [2.45, 2.75) is 12.5 Å². The number of rotatable bonds is 5. The molecule has 0 radical (unpaired) electrons. The lowest BCUT2D eigenvalue weighted by molar-refractivity contribution is -0.138. The van der Waals surface area contributed by atoms with Crippen LogP contribution in [0, 0.1) is 0 Å². The van der Waals surface area contributed by atoms with E-state index in [4.69, 9.17) is 20.3 Å². The first-order chi connectivity index (χ1) is 9.56. The first kappa shape index (κ1) is 14.1. The van der Waals surface area contributed by atoms with Crippen LogP contribution in [0.15, 0.2) is 30.3 Å². The molecule has 0 aliphatic heterocycles. The molecule has 106 valence electrons. The van der Waals surface area contributed by atoms with Crippen LogP contribution in [-0.4, -0.2) is 31.3 Å². The average molecular weight is 275 g/mol. The summed E-state index contributed by atoms with van der Waals surface area (Å²) in [7, 11) is 3.14. The van der Waals surface area contributed by atoms with Crippen molar-refractivity contribution in [3.8, 4) is 11.5 Å². The Morgan fingerprint density at radius 3 is 2.55 bits per heavy atom. The van der Waals surface area contributed by atoms with Gasteiger partial charge in [-0.2, -0.15) is 0 Å². The van der Waals surface area contributed by atoms with Crippen LogP contribution >= 0.6 is 0 Å². The van der Waals surface area contributed by atoms with Crippen molar-refractivity contribution in [1.82, 2.24) is 0 Å². The molecule has 20 heavy (non-hydrogen) atoms. The Labute approximate surface area is 116 Å². The first-order valence-corrected chi connectivity index (χ1v) is 6.19. The number of carboxylic acid groups (broad SMARTS) is 1. The van der Waals surface area contributed by atoms with Crippen molar-refractivity contribution in [2.24, 2.45) is 5.73 Å². The topological polar surface area (TPSA) is 81.8 Å². The lowest BCUT2D eigenvalue weighted by atomic mass is 9.97. The van der Waals surface area contributed by atoms with Crippen molar-refractivity contribution in [3.63, 3.8) is 0 Å². The number of methoxy groups -OCH3 is 2. The van der Waals surface area contributed by atoms with E-state index in [0.29, 0.717) is 11.5 Å². The highest BCUT2D eigenvalue weighted by molar-refractivity contribution is 5.89. The molecule has 3 N–H and O–H groups in total. The molecule has 2 aromatic carbocycles. The van der Waals surface area contributed by atoms with Gasteiger partial charge in [0.1, 0.15) is 17.5 Å². The number of aliphatic carboxylic acids is 1. The molecule has 5 heteroatoms. The quantitative estimate of drug-likeness (QED) is 0.869. The first-order valence-electron chi connectivity index (χ1n) is 6.19. The maximum Gasteiger partial charge on any atom is 0.320 e. The van der Waals surface area contributed by atoms with Crippen LogP contribution < -0.4 is 15.2 Å². The molecule has 0 heterocycles. The Morgan fingerprint density at radius 1 is 1.25 bits per heavy atom. The number of carbonyl (C=O) groups is 1. The van der Waals surface area contributed by atoms with Gasteiger partial charge in [0.05, 0.1) is 14.2 Å². The maximum atomic E-state index is 11.0. The summed E-state index contributed by atoms with van der Waals surface area (Å²) in [6, 6.07) is 8.41. The number of ether oxygens (including phenoxy) is 2. The molecule has 0 saturated heterocycles. The van der Waals surface area contributed by atoms with E-state index < -0.39 is 12.0 Å². The fourth-order valence-electron chi connectivity index (χ4n) is 2.18. The van der Waals surface area contributed by atoms with Crippen LogP contribution in [0.25, 0.3) is 10.8 Å². The van der Waals surface area contributed by atoms with E-state index in [1.165, 1.54) is 0 Å². The van der Waals surface area contributed by atoms with Gasteiger partial charge in [-0.3, -0.25) is 4.79 Å². The van der Waals surface area contributed by atoms with E-state index in [1.54, 1.807) is 14.2 Å². The third-order valence-corrected chi connectivity index (χ3v) is 3.26. The fourth-order valence-corrected chi connectivity index (χ4v) is 2.18. The minimum Gasteiger partial charge on any atom is -0.497 e. The molecule has 0 amide bonds. The standard InChI is InChI=1S/C15H17NO4/c1-19-10-5-3-9-4-6-14(20-2)12(11(9)7-10)8-13(16)15(17)18/h3-7,13H,8,16H2,1-2H3,(H,17,18). The zero-order valence-corrected chi connectivity index (χ0v) is 11.4. The van der Waals surface area contributed by atoms with Crippen molar-refractivity contribution in [3.05, 3.63) is 35.9 Å². The molecule has 2 aromatic rings. The van der Waals surface area contributed by atoms with E-state index in [2.05, 4.69) is 0 Å².